The molecule has 96 valence electrons. The molecule has 0 saturated heterocycles. The average Bonchev–Trinajstić information content (AvgIpc) is 2.28. The number of methoxy groups -OCH3 is 1. The molecule has 4 heteroatoms. The minimum absolute atomic E-state index is 0.0664. The Morgan fingerprint density at radius 3 is 2.38 bits per heavy atom. The highest BCUT2D eigenvalue weighted by Crippen LogP contribution is 2.05. The molecular formula is C12H24O3S. The van der Waals surface area contributed by atoms with Crippen LogP contribution in [0.2, 0.25) is 0 Å². The summed E-state index contributed by atoms with van der Waals surface area (Å²) in [5.74, 6) is 0.868. The van der Waals surface area contributed by atoms with Crippen LogP contribution in [0.3, 0.4) is 0 Å². The summed E-state index contributed by atoms with van der Waals surface area (Å²) in [6.45, 7) is 1.26. The summed E-state index contributed by atoms with van der Waals surface area (Å²) in [7, 11) is 1.68. The molecular weight excluding hydrogens is 224 g/mol. The van der Waals surface area contributed by atoms with E-state index in [2.05, 4.69) is 12.6 Å². The van der Waals surface area contributed by atoms with E-state index in [4.69, 9.17) is 9.47 Å². The highest BCUT2D eigenvalue weighted by atomic mass is 32.1. The molecule has 3 nitrogen and oxygen atoms in total. The van der Waals surface area contributed by atoms with Gasteiger partial charge in [-0.05, 0) is 31.4 Å². The van der Waals surface area contributed by atoms with Crippen molar-refractivity contribution in [3.05, 3.63) is 0 Å². The normalized spacial score (nSPS) is 10.4. The van der Waals surface area contributed by atoms with Crippen molar-refractivity contribution in [1.29, 1.82) is 0 Å². The number of hydrogen-bond acceptors (Lipinski definition) is 4. The Morgan fingerprint density at radius 1 is 1.00 bits per heavy atom. The summed E-state index contributed by atoms with van der Waals surface area (Å²) < 4.78 is 9.99. The standard InChI is InChI=1S/C12H24O3S/c1-14-9-5-6-10-15-12(13)8-4-2-3-7-11-16/h16H,2-11H2,1H3. The van der Waals surface area contributed by atoms with Crippen molar-refractivity contribution in [2.75, 3.05) is 26.1 Å². The zero-order valence-electron chi connectivity index (χ0n) is 10.2. The van der Waals surface area contributed by atoms with Crippen molar-refractivity contribution in [1.82, 2.24) is 0 Å². The van der Waals surface area contributed by atoms with E-state index >= 15 is 0 Å². The van der Waals surface area contributed by atoms with Crippen LogP contribution in [0.1, 0.15) is 44.9 Å². The van der Waals surface area contributed by atoms with Gasteiger partial charge in [-0.15, -0.1) is 0 Å². The minimum atomic E-state index is -0.0664. The third-order valence-electron chi connectivity index (χ3n) is 2.29. The summed E-state index contributed by atoms with van der Waals surface area (Å²) in [6.07, 6.45) is 6.71. The van der Waals surface area contributed by atoms with Crippen LogP contribution in [0.15, 0.2) is 0 Å². The Balaban J connectivity index is 3.12. The van der Waals surface area contributed by atoms with Crippen LogP contribution in [0.4, 0.5) is 0 Å². The van der Waals surface area contributed by atoms with Gasteiger partial charge >= 0.3 is 5.97 Å². The summed E-state index contributed by atoms with van der Waals surface area (Å²) in [5.41, 5.74) is 0. The fraction of sp³-hybridized carbons (Fsp3) is 0.917. The monoisotopic (exact) mass is 248 g/mol. The van der Waals surface area contributed by atoms with Crippen molar-refractivity contribution in [3.63, 3.8) is 0 Å². The predicted octanol–water partition coefficient (Wildman–Crippen LogP) is 2.84. The van der Waals surface area contributed by atoms with Crippen molar-refractivity contribution in [3.8, 4) is 0 Å². The van der Waals surface area contributed by atoms with Crippen LogP contribution in [0.25, 0.3) is 0 Å². The lowest BCUT2D eigenvalue weighted by Crippen LogP contribution is -2.06. The molecule has 0 unspecified atom stereocenters. The van der Waals surface area contributed by atoms with Gasteiger partial charge in [0.05, 0.1) is 6.61 Å². The molecule has 0 spiro atoms. The molecule has 0 aliphatic rings. The number of carbonyl (C=O) groups is 1. The van der Waals surface area contributed by atoms with Crippen molar-refractivity contribution in [2.24, 2.45) is 0 Å². The summed E-state index contributed by atoms with van der Waals surface area (Å²) in [6, 6.07) is 0. The van der Waals surface area contributed by atoms with Crippen LogP contribution in [0.5, 0.6) is 0 Å². The second-order valence-corrected chi connectivity index (χ2v) is 4.26. The third-order valence-corrected chi connectivity index (χ3v) is 2.61. The highest BCUT2D eigenvalue weighted by Gasteiger charge is 2.01. The smallest absolute Gasteiger partial charge is 0.305 e. The molecule has 0 bridgehead atoms. The first-order valence-corrected chi connectivity index (χ1v) is 6.70. The van der Waals surface area contributed by atoms with E-state index in [1.165, 1.54) is 0 Å². The summed E-state index contributed by atoms with van der Waals surface area (Å²) >= 11 is 4.14. The molecule has 0 aliphatic heterocycles. The number of unbranched alkanes of at least 4 members (excludes halogenated alkanes) is 4. The van der Waals surface area contributed by atoms with E-state index in [0.29, 0.717) is 13.0 Å². The Bertz CT molecular complexity index is 146. The summed E-state index contributed by atoms with van der Waals surface area (Å²) in [5, 5.41) is 0. The second kappa shape index (κ2) is 12.8. The number of esters is 1. The lowest BCUT2D eigenvalue weighted by atomic mass is 10.1. The molecule has 16 heavy (non-hydrogen) atoms. The second-order valence-electron chi connectivity index (χ2n) is 3.81. The van der Waals surface area contributed by atoms with Gasteiger partial charge in [0.2, 0.25) is 0 Å². The first kappa shape index (κ1) is 15.8. The van der Waals surface area contributed by atoms with Crippen LogP contribution >= 0.6 is 12.6 Å². The molecule has 0 aliphatic carbocycles. The van der Waals surface area contributed by atoms with Gasteiger partial charge in [-0.2, -0.15) is 12.6 Å². The molecule has 0 aromatic heterocycles. The van der Waals surface area contributed by atoms with Gasteiger partial charge in [0.25, 0.3) is 0 Å². The lowest BCUT2D eigenvalue weighted by Gasteiger charge is -2.04. The van der Waals surface area contributed by atoms with E-state index in [-0.39, 0.29) is 5.97 Å². The maximum absolute atomic E-state index is 11.2. The van der Waals surface area contributed by atoms with Crippen molar-refractivity contribution in [2.45, 2.75) is 44.9 Å². The molecule has 0 aromatic rings. The maximum atomic E-state index is 11.2. The van der Waals surface area contributed by atoms with Gasteiger partial charge in [-0.1, -0.05) is 12.8 Å². The van der Waals surface area contributed by atoms with E-state index in [1.54, 1.807) is 7.11 Å². The van der Waals surface area contributed by atoms with Crippen LogP contribution < -0.4 is 0 Å². The fourth-order valence-electron chi connectivity index (χ4n) is 1.34. The third kappa shape index (κ3) is 11.9. The molecule has 0 heterocycles. The molecule has 0 fully saturated rings. The largest absolute Gasteiger partial charge is 0.466 e. The zero-order chi connectivity index (χ0) is 12.1. The van der Waals surface area contributed by atoms with Gasteiger partial charge < -0.3 is 9.47 Å². The van der Waals surface area contributed by atoms with Gasteiger partial charge in [0.1, 0.15) is 0 Å². The number of rotatable bonds is 11. The molecule has 0 N–H and O–H groups in total. The molecule has 0 saturated carbocycles. The van der Waals surface area contributed by atoms with Crippen LogP contribution in [-0.4, -0.2) is 32.0 Å². The Morgan fingerprint density at radius 2 is 1.69 bits per heavy atom. The number of ether oxygens (including phenoxy) is 2. The van der Waals surface area contributed by atoms with E-state index < -0.39 is 0 Å². The first-order valence-electron chi connectivity index (χ1n) is 6.06. The molecule has 0 radical (unpaired) electrons. The van der Waals surface area contributed by atoms with Crippen molar-refractivity contribution >= 4 is 18.6 Å². The van der Waals surface area contributed by atoms with E-state index in [0.717, 1.165) is 50.9 Å². The van der Waals surface area contributed by atoms with Gasteiger partial charge in [0.15, 0.2) is 0 Å². The molecule has 0 amide bonds. The van der Waals surface area contributed by atoms with E-state index in [9.17, 15) is 4.79 Å². The quantitative estimate of drug-likeness (QED) is 0.347. The predicted molar refractivity (Wildman–Crippen MR) is 69.0 cm³/mol. The average molecular weight is 248 g/mol. The number of carbonyl (C=O) groups excluding carboxylic acids is 1. The Kier molecular flexibility index (Phi) is 12.7. The van der Waals surface area contributed by atoms with Gasteiger partial charge in [-0.3, -0.25) is 4.79 Å². The van der Waals surface area contributed by atoms with Gasteiger partial charge in [-0.25, -0.2) is 0 Å². The Labute approximate surface area is 104 Å². The van der Waals surface area contributed by atoms with Crippen molar-refractivity contribution < 1.29 is 14.3 Å². The minimum Gasteiger partial charge on any atom is -0.466 e. The number of thiol groups is 1. The molecule has 0 rings (SSSR count). The maximum Gasteiger partial charge on any atom is 0.305 e. The topological polar surface area (TPSA) is 35.5 Å². The highest BCUT2D eigenvalue weighted by molar-refractivity contribution is 7.80. The van der Waals surface area contributed by atoms with Crippen LogP contribution in [-0.2, 0) is 14.3 Å². The first-order chi connectivity index (χ1) is 7.81. The Hall–Kier alpha value is -0.220. The van der Waals surface area contributed by atoms with Gasteiger partial charge in [0, 0.05) is 20.1 Å². The molecule has 0 aromatic carbocycles. The SMILES string of the molecule is COCCCCOC(=O)CCCCCCS. The lowest BCUT2D eigenvalue weighted by molar-refractivity contribution is -0.143. The van der Waals surface area contributed by atoms with E-state index in [1.807, 2.05) is 0 Å². The fourth-order valence-corrected chi connectivity index (χ4v) is 1.56. The molecule has 0 atom stereocenters. The summed E-state index contributed by atoms with van der Waals surface area (Å²) in [4.78, 5) is 11.2. The number of hydrogen-bond donors (Lipinski definition) is 1. The van der Waals surface area contributed by atoms with Crippen LogP contribution in [0, 0.1) is 0 Å². The zero-order valence-corrected chi connectivity index (χ0v) is 11.1.